The topological polar surface area (TPSA) is 38.0 Å². The predicted molar refractivity (Wildman–Crippen MR) is 104 cm³/mol. The molecule has 3 rings (SSSR count). The Bertz CT molecular complexity index is 819. The zero-order chi connectivity index (χ0) is 20.1. The molecule has 1 aliphatic heterocycles. The van der Waals surface area contributed by atoms with Gasteiger partial charge < -0.3 is 15.1 Å². The van der Waals surface area contributed by atoms with Gasteiger partial charge >= 0.3 is 0 Å². The summed E-state index contributed by atoms with van der Waals surface area (Å²) in [7, 11) is 0. The lowest BCUT2D eigenvalue weighted by atomic mass is 10.1. The summed E-state index contributed by atoms with van der Waals surface area (Å²) in [5.74, 6) is -1.35. The minimum Gasteiger partial charge on any atom is -0.345 e. The van der Waals surface area contributed by atoms with E-state index in [1.165, 1.54) is 33.1 Å². The molecule has 0 saturated carbocycles. The summed E-state index contributed by atoms with van der Waals surface area (Å²) in [6.45, 7) is 9.15. The lowest BCUT2D eigenvalue weighted by molar-refractivity contribution is -1.02. The van der Waals surface area contributed by atoms with Crippen molar-refractivity contribution >= 4 is 5.91 Å². The summed E-state index contributed by atoms with van der Waals surface area (Å²) >= 11 is 0. The first-order valence-electron chi connectivity index (χ1n) is 9.87. The molecule has 1 fully saturated rings. The average molecular weight is 389 g/mol. The predicted octanol–water partition coefficient (Wildman–Crippen LogP) is 0.434. The summed E-state index contributed by atoms with van der Waals surface area (Å²) in [4.78, 5) is 15.1. The first-order chi connectivity index (χ1) is 13.4. The van der Waals surface area contributed by atoms with Gasteiger partial charge in [-0.3, -0.25) is 4.79 Å². The van der Waals surface area contributed by atoms with Gasteiger partial charge in [-0.25, -0.2) is 8.78 Å². The van der Waals surface area contributed by atoms with E-state index in [1.54, 1.807) is 6.92 Å². The Hall–Kier alpha value is -2.31. The van der Waals surface area contributed by atoms with Crippen molar-refractivity contribution in [3.8, 4) is 0 Å². The Kier molecular flexibility index (Phi) is 6.75. The number of quaternary nitrogens is 2. The zero-order valence-electron chi connectivity index (χ0n) is 16.5. The van der Waals surface area contributed by atoms with E-state index in [0.717, 1.165) is 38.8 Å². The van der Waals surface area contributed by atoms with Crippen molar-refractivity contribution in [2.24, 2.45) is 0 Å². The number of hydrogen-bond acceptors (Lipinski definition) is 1. The third-order valence-corrected chi connectivity index (χ3v) is 5.42. The fourth-order valence-electron chi connectivity index (χ4n) is 3.87. The molecular weight excluding hydrogens is 360 g/mol. The van der Waals surface area contributed by atoms with Crippen LogP contribution in [0.2, 0.25) is 0 Å². The van der Waals surface area contributed by atoms with Crippen LogP contribution in [0.1, 0.15) is 29.7 Å². The Morgan fingerprint density at radius 1 is 1.07 bits per heavy atom. The van der Waals surface area contributed by atoms with Crippen molar-refractivity contribution in [3.63, 3.8) is 0 Å². The van der Waals surface area contributed by atoms with Gasteiger partial charge in [0.15, 0.2) is 6.54 Å². The molecule has 2 aromatic carbocycles. The van der Waals surface area contributed by atoms with Crippen LogP contribution in [0.15, 0.2) is 42.5 Å². The Morgan fingerprint density at radius 2 is 1.79 bits per heavy atom. The molecule has 1 atom stereocenters. The molecule has 28 heavy (non-hydrogen) atoms. The van der Waals surface area contributed by atoms with Crippen LogP contribution >= 0.6 is 0 Å². The van der Waals surface area contributed by atoms with Gasteiger partial charge in [0.05, 0.1) is 6.04 Å². The number of carbonyl (C=O) groups is 1. The lowest BCUT2D eigenvalue weighted by Gasteiger charge is -2.29. The molecule has 0 bridgehead atoms. The number of carbonyl (C=O) groups excluding carboxylic acids is 1. The number of piperazine rings is 1. The van der Waals surface area contributed by atoms with Gasteiger partial charge in [-0.05, 0) is 19.9 Å². The first kappa shape index (κ1) is 20.4. The van der Waals surface area contributed by atoms with Crippen LogP contribution in [0.5, 0.6) is 0 Å². The average Bonchev–Trinajstić information content (AvgIpc) is 2.63. The fourth-order valence-corrected chi connectivity index (χ4v) is 3.87. The molecule has 0 aliphatic carbocycles. The monoisotopic (exact) mass is 389 g/mol. The second-order valence-electron chi connectivity index (χ2n) is 7.80. The van der Waals surface area contributed by atoms with Gasteiger partial charge in [0.25, 0.3) is 5.91 Å². The van der Waals surface area contributed by atoms with Crippen molar-refractivity contribution < 1.29 is 23.4 Å². The molecule has 0 spiro atoms. The zero-order valence-corrected chi connectivity index (χ0v) is 16.5. The highest BCUT2D eigenvalue weighted by Crippen LogP contribution is 2.17. The van der Waals surface area contributed by atoms with E-state index in [2.05, 4.69) is 36.5 Å². The van der Waals surface area contributed by atoms with Gasteiger partial charge in [0, 0.05) is 17.2 Å². The molecule has 1 heterocycles. The maximum Gasteiger partial charge on any atom is 0.275 e. The molecule has 1 saturated heterocycles. The second kappa shape index (κ2) is 9.26. The molecule has 1 aliphatic rings. The van der Waals surface area contributed by atoms with Crippen molar-refractivity contribution in [1.82, 2.24) is 5.32 Å². The van der Waals surface area contributed by atoms with Gasteiger partial charge in [-0.15, -0.1) is 0 Å². The van der Waals surface area contributed by atoms with Gasteiger partial charge in [-0.2, -0.15) is 0 Å². The summed E-state index contributed by atoms with van der Waals surface area (Å²) in [5, 5.41) is 2.83. The highest BCUT2D eigenvalue weighted by Gasteiger charge is 2.25. The van der Waals surface area contributed by atoms with Gasteiger partial charge in [0.2, 0.25) is 0 Å². The standard InChI is InChI=1S/C22H27F2N3O/c1-16-4-3-5-18(12-16)14-26-8-10-27(11-9-26)15-22(28)25-17(2)20-7-6-19(23)13-21(20)24/h3-7,12-13,17H,8-11,14-15H2,1-2H3,(H,25,28)/p+2/t17-/m0/s1. The summed E-state index contributed by atoms with van der Waals surface area (Å²) in [5.41, 5.74) is 2.94. The molecule has 150 valence electrons. The van der Waals surface area contributed by atoms with Crippen molar-refractivity contribution in [3.05, 3.63) is 70.8 Å². The number of aryl methyl sites for hydroxylation is 1. The van der Waals surface area contributed by atoms with Crippen LogP contribution in [0.4, 0.5) is 8.78 Å². The van der Waals surface area contributed by atoms with Crippen LogP contribution in [0, 0.1) is 18.6 Å². The quantitative estimate of drug-likeness (QED) is 0.659. The second-order valence-corrected chi connectivity index (χ2v) is 7.80. The van der Waals surface area contributed by atoms with Crippen LogP contribution < -0.4 is 15.1 Å². The van der Waals surface area contributed by atoms with E-state index in [4.69, 9.17) is 0 Å². The summed E-state index contributed by atoms with van der Waals surface area (Å²) in [6, 6.07) is 11.6. The Morgan fingerprint density at radius 3 is 2.46 bits per heavy atom. The number of halogens is 2. The molecule has 6 heteroatoms. The molecule has 0 radical (unpaired) electrons. The van der Waals surface area contributed by atoms with Crippen LogP contribution in [0.3, 0.4) is 0 Å². The highest BCUT2D eigenvalue weighted by atomic mass is 19.1. The van der Waals surface area contributed by atoms with Crippen molar-refractivity contribution in [2.75, 3.05) is 32.7 Å². The van der Waals surface area contributed by atoms with Crippen LogP contribution in [-0.2, 0) is 11.3 Å². The molecule has 0 unspecified atom stereocenters. The SMILES string of the molecule is Cc1cccc(C[NH+]2CC[NH+](CC(=O)N[C@@H](C)c3ccc(F)cc3F)CC2)c1. The number of benzene rings is 2. The molecule has 1 amide bonds. The molecule has 2 aromatic rings. The molecule has 3 N–H and O–H groups in total. The van der Waals surface area contributed by atoms with Crippen LogP contribution in [0.25, 0.3) is 0 Å². The van der Waals surface area contributed by atoms with Crippen molar-refractivity contribution in [1.29, 1.82) is 0 Å². The minimum atomic E-state index is -0.631. The van der Waals surface area contributed by atoms with E-state index < -0.39 is 17.7 Å². The van der Waals surface area contributed by atoms with E-state index in [9.17, 15) is 13.6 Å². The maximum atomic E-state index is 13.9. The Labute approximate surface area is 165 Å². The fraction of sp³-hybridized carbons (Fsp3) is 0.409. The summed E-state index contributed by atoms with van der Waals surface area (Å²) < 4.78 is 26.9. The first-order valence-corrected chi connectivity index (χ1v) is 9.87. The number of amides is 1. The van der Waals surface area contributed by atoms with E-state index in [0.29, 0.717) is 12.1 Å². The normalized spacial score (nSPS) is 20.6. The largest absolute Gasteiger partial charge is 0.345 e. The molecule has 4 nitrogen and oxygen atoms in total. The van der Waals surface area contributed by atoms with E-state index in [1.807, 2.05) is 0 Å². The lowest BCUT2D eigenvalue weighted by Crippen LogP contribution is -3.28. The number of hydrogen-bond donors (Lipinski definition) is 3. The number of nitrogens with one attached hydrogen (secondary N) is 3. The van der Waals surface area contributed by atoms with E-state index in [-0.39, 0.29) is 5.91 Å². The summed E-state index contributed by atoms with van der Waals surface area (Å²) in [6.07, 6.45) is 0. The minimum absolute atomic E-state index is 0.103. The third kappa shape index (κ3) is 5.59. The Balaban J connectivity index is 1.44. The molecular formula is C22H29F2N3O+2. The molecule has 0 aromatic heterocycles. The maximum absolute atomic E-state index is 13.9. The van der Waals surface area contributed by atoms with Gasteiger partial charge in [-0.1, -0.05) is 35.9 Å². The van der Waals surface area contributed by atoms with Crippen LogP contribution in [-0.4, -0.2) is 38.6 Å². The highest BCUT2D eigenvalue weighted by molar-refractivity contribution is 5.77. The third-order valence-electron chi connectivity index (χ3n) is 5.42. The number of rotatable bonds is 6. The van der Waals surface area contributed by atoms with Gasteiger partial charge in [0.1, 0.15) is 44.4 Å². The van der Waals surface area contributed by atoms with E-state index >= 15 is 0 Å². The van der Waals surface area contributed by atoms with Crippen molar-refractivity contribution in [2.45, 2.75) is 26.4 Å². The smallest absolute Gasteiger partial charge is 0.275 e.